The van der Waals surface area contributed by atoms with Crippen molar-refractivity contribution in [1.82, 2.24) is 15.0 Å². The average Bonchev–Trinajstić information content (AvgIpc) is 3.60. The third-order valence-corrected chi connectivity index (χ3v) is 10.5. The summed E-state index contributed by atoms with van der Waals surface area (Å²) in [6, 6.07) is 49.6. The van der Waals surface area contributed by atoms with Crippen LogP contribution in [-0.4, -0.2) is 26.6 Å². The number of benzene rings is 6. The second kappa shape index (κ2) is 13.2. The van der Waals surface area contributed by atoms with Crippen molar-refractivity contribution in [2.24, 2.45) is 0 Å². The molecular formula is C45H32N4OS. The number of aromatic hydroxyl groups is 1. The van der Waals surface area contributed by atoms with Crippen LogP contribution in [0.4, 0.5) is 11.4 Å². The molecule has 0 spiro atoms. The van der Waals surface area contributed by atoms with Crippen molar-refractivity contribution in [2.75, 3.05) is 11.4 Å². The standard InChI is InChI=1S/C45H32N4OS/c50-40-28-35(45-47-43(33-16-6-2-7-17-33)46-44(48-45)34-18-8-3-9-19-34)27-38-37-24-23-36(29-41(37)51-42(38)40)49-26-25-31(30-13-4-1-5-14-30)20-12-21-32-15-10-11-22-39(32)49/h1-20,22-25,27-29,50H,21,26H2/b20-12-,31-25+. The first-order valence-electron chi connectivity index (χ1n) is 17.0. The van der Waals surface area contributed by atoms with E-state index in [-0.39, 0.29) is 5.75 Å². The summed E-state index contributed by atoms with van der Waals surface area (Å²) in [4.78, 5) is 17.1. The Labute approximate surface area is 300 Å². The van der Waals surface area contributed by atoms with Crippen molar-refractivity contribution in [3.8, 4) is 39.9 Å². The highest BCUT2D eigenvalue weighted by Gasteiger charge is 2.19. The van der Waals surface area contributed by atoms with Crippen molar-refractivity contribution >= 4 is 48.5 Å². The molecule has 1 aliphatic heterocycles. The van der Waals surface area contributed by atoms with Gasteiger partial charge in [0.1, 0.15) is 5.75 Å². The van der Waals surface area contributed by atoms with Crippen LogP contribution >= 0.6 is 11.3 Å². The SMILES string of the molecule is Oc1cc(-c2nc(-c3ccccc3)nc(-c3ccccc3)n2)cc2c1sc1cc(N3C/C=C(c4ccccc4)\C=C/Cc4ccccc43)ccc12. The highest BCUT2D eigenvalue weighted by Crippen LogP contribution is 2.44. The lowest BCUT2D eigenvalue weighted by atomic mass is 10.0. The third kappa shape index (κ3) is 5.96. The summed E-state index contributed by atoms with van der Waals surface area (Å²) in [5.74, 6) is 1.90. The van der Waals surface area contributed by atoms with E-state index in [9.17, 15) is 5.11 Å². The predicted molar refractivity (Wildman–Crippen MR) is 211 cm³/mol. The maximum Gasteiger partial charge on any atom is 0.164 e. The fourth-order valence-electron chi connectivity index (χ4n) is 6.79. The zero-order valence-corrected chi connectivity index (χ0v) is 28.5. The smallest absolute Gasteiger partial charge is 0.164 e. The molecule has 2 aromatic heterocycles. The molecule has 8 aromatic rings. The van der Waals surface area contributed by atoms with Gasteiger partial charge in [0.25, 0.3) is 0 Å². The molecule has 6 aromatic carbocycles. The van der Waals surface area contributed by atoms with Crippen LogP contribution in [0, 0.1) is 0 Å². The lowest BCUT2D eigenvalue weighted by Crippen LogP contribution is -2.18. The van der Waals surface area contributed by atoms with Gasteiger partial charge in [-0.25, -0.2) is 15.0 Å². The van der Waals surface area contributed by atoms with E-state index in [1.165, 1.54) is 22.4 Å². The van der Waals surface area contributed by atoms with Crippen LogP contribution in [0.2, 0.25) is 0 Å². The molecule has 0 saturated heterocycles. The van der Waals surface area contributed by atoms with Gasteiger partial charge in [0.05, 0.1) is 4.70 Å². The number of allylic oxidation sites excluding steroid dienone is 3. The molecule has 5 nitrogen and oxygen atoms in total. The van der Waals surface area contributed by atoms with Crippen LogP contribution in [0.5, 0.6) is 5.75 Å². The van der Waals surface area contributed by atoms with E-state index in [4.69, 9.17) is 15.0 Å². The van der Waals surface area contributed by atoms with Gasteiger partial charge in [0.15, 0.2) is 17.5 Å². The number of hydrogen-bond donors (Lipinski definition) is 1. The molecule has 9 rings (SSSR count). The van der Waals surface area contributed by atoms with E-state index in [1.807, 2.05) is 60.7 Å². The first-order chi connectivity index (χ1) is 25.2. The molecule has 1 aliphatic rings. The third-order valence-electron chi connectivity index (χ3n) is 9.32. The molecule has 0 amide bonds. The van der Waals surface area contributed by atoms with E-state index in [1.54, 1.807) is 17.4 Å². The molecule has 244 valence electrons. The van der Waals surface area contributed by atoms with Gasteiger partial charge in [-0.1, -0.05) is 133 Å². The molecule has 51 heavy (non-hydrogen) atoms. The molecule has 0 saturated carbocycles. The Kier molecular flexibility index (Phi) is 7.91. The molecule has 0 unspecified atom stereocenters. The molecular weight excluding hydrogens is 645 g/mol. The molecule has 6 heteroatoms. The normalized spacial score (nSPS) is 14.7. The Morgan fingerprint density at radius 3 is 1.86 bits per heavy atom. The number of phenolic OH excluding ortho intramolecular Hbond substituents is 1. The Morgan fingerprint density at radius 2 is 1.18 bits per heavy atom. The quantitative estimate of drug-likeness (QED) is 0.197. The van der Waals surface area contributed by atoms with Crippen molar-refractivity contribution in [3.05, 3.63) is 175 Å². The fraction of sp³-hybridized carbons (Fsp3) is 0.0444. The topological polar surface area (TPSA) is 62.1 Å². The fourth-order valence-corrected chi connectivity index (χ4v) is 7.92. The van der Waals surface area contributed by atoms with Crippen molar-refractivity contribution < 1.29 is 5.11 Å². The summed E-state index contributed by atoms with van der Waals surface area (Å²) in [5.41, 5.74) is 8.52. The Balaban J connectivity index is 1.15. The van der Waals surface area contributed by atoms with Gasteiger partial charge in [-0.2, -0.15) is 0 Å². The Morgan fingerprint density at radius 1 is 0.569 bits per heavy atom. The number of rotatable bonds is 5. The maximum atomic E-state index is 11.5. The number of aromatic nitrogens is 3. The maximum absolute atomic E-state index is 11.5. The summed E-state index contributed by atoms with van der Waals surface area (Å²) < 4.78 is 1.94. The Bertz CT molecular complexity index is 2540. The zero-order chi connectivity index (χ0) is 34.1. The van der Waals surface area contributed by atoms with Crippen LogP contribution in [0.25, 0.3) is 59.9 Å². The first kappa shape index (κ1) is 30.7. The number of nitrogens with zero attached hydrogens (tertiary/aromatic N) is 4. The number of para-hydroxylation sites is 1. The summed E-state index contributed by atoms with van der Waals surface area (Å²) in [5, 5.41) is 13.5. The monoisotopic (exact) mass is 676 g/mol. The molecule has 0 radical (unpaired) electrons. The van der Waals surface area contributed by atoms with Crippen LogP contribution in [-0.2, 0) is 6.42 Å². The molecule has 0 fully saturated rings. The van der Waals surface area contributed by atoms with Crippen LogP contribution < -0.4 is 4.90 Å². The van der Waals surface area contributed by atoms with Gasteiger partial charge in [-0.05, 0) is 53.5 Å². The van der Waals surface area contributed by atoms with Gasteiger partial charge in [-0.3, -0.25) is 0 Å². The summed E-state index contributed by atoms with van der Waals surface area (Å²) in [7, 11) is 0. The number of phenols is 1. The van der Waals surface area contributed by atoms with Gasteiger partial charge < -0.3 is 10.0 Å². The first-order valence-corrected chi connectivity index (χ1v) is 17.8. The van der Waals surface area contributed by atoms with Crippen molar-refractivity contribution in [2.45, 2.75) is 6.42 Å². The van der Waals surface area contributed by atoms with Crippen molar-refractivity contribution in [1.29, 1.82) is 0 Å². The van der Waals surface area contributed by atoms with Crippen LogP contribution in [0.1, 0.15) is 11.1 Å². The Hall–Kier alpha value is -6.37. The van der Waals surface area contributed by atoms with Crippen molar-refractivity contribution in [3.63, 3.8) is 0 Å². The second-order valence-electron chi connectivity index (χ2n) is 12.6. The highest BCUT2D eigenvalue weighted by molar-refractivity contribution is 7.26. The van der Waals surface area contributed by atoms with E-state index < -0.39 is 0 Å². The minimum absolute atomic E-state index is 0.211. The largest absolute Gasteiger partial charge is 0.506 e. The molecule has 1 N–H and O–H groups in total. The van der Waals surface area contributed by atoms with Crippen LogP contribution in [0.3, 0.4) is 0 Å². The van der Waals surface area contributed by atoms with E-state index in [0.717, 1.165) is 49.0 Å². The zero-order valence-electron chi connectivity index (χ0n) is 27.6. The van der Waals surface area contributed by atoms with E-state index in [0.29, 0.717) is 24.0 Å². The van der Waals surface area contributed by atoms with Crippen LogP contribution in [0.15, 0.2) is 164 Å². The molecule has 3 heterocycles. The summed E-state index contributed by atoms with van der Waals surface area (Å²) in [6.07, 6.45) is 7.65. The molecule has 0 aliphatic carbocycles. The van der Waals surface area contributed by atoms with E-state index >= 15 is 0 Å². The molecule has 0 atom stereocenters. The lowest BCUT2D eigenvalue weighted by Gasteiger charge is -2.26. The van der Waals surface area contributed by atoms with Gasteiger partial charge in [0.2, 0.25) is 0 Å². The van der Waals surface area contributed by atoms with Gasteiger partial charge >= 0.3 is 0 Å². The predicted octanol–water partition coefficient (Wildman–Crippen LogP) is 11.3. The summed E-state index contributed by atoms with van der Waals surface area (Å²) in [6.45, 7) is 0.713. The minimum Gasteiger partial charge on any atom is -0.506 e. The molecule has 0 bridgehead atoms. The summed E-state index contributed by atoms with van der Waals surface area (Å²) >= 11 is 1.60. The number of fused-ring (bicyclic) bond motifs is 4. The number of anilines is 2. The average molecular weight is 677 g/mol. The minimum atomic E-state index is 0.211. The van der Waals surface area contributed by atoms with Gasteiger partial charge in [0, 0.05) is 50.1 Å². The second-order valence-corrected chi connectivity index (χ2v) is 13.6. The van der Waals surface area contributed by atoms with E-state index in [2.05, 4.69) is 102 Å². The number of thiophene rings is 1. The number of hydrogen-bond acceptors (Lipinski definition) is 6. The highest BCUT2D eigenvalue weighted by atomic mass is 32.1. The lowest BCUT2D eigenvalue weighted by molar-refractivity contribution is 0.482. The van der Waals surface area contributed by atoms with Gasteiger partial charge in [-0.15, -0.1) is 11.3 Å².